The molecule has 1 saturated carbocycles. The first-order valence-corrected chi connectivity index (χ1v) is 7.75. The standard InChI is InChI=1S/C16H20ClFO/c17-15(11-3-1-2-4-11)7-6-14-10-12-9-13(18)5-8-16(12)19-14/h5,8-9,11,14-15H,1-4,6-7,10H2. The molecule has 1 aromatic rings. The Balaban J connectivity index is 1.50. The lowest BCUT2D eigenvalue weighted by Gasteiger charge is -2.18. The van der Waals surface area contributed by atoms with Gasteiger partial charge < -0.3 is 4.74 Å². The molecule has 3 rings (SSSR count). The van der Waals surface area contributed by atoms with E-state index in [0.717, 1.165) is 30.6 Å². The maximum absolute atomic E-state index is 13.1. The molecule has 2 unspecified atom stereocenters. The van der Waals surface area contributed by atoms with Gasteiger partial charge in [0.2, 0.25) is 0 Å². The summed E-state index contributed by atoms with van der Waals surface area (Å²) in [6.45, 7) is 0. The van der Waals surface area contributed by atoms with Crippen LogP contribution >= 0.6 is 11.6 Å². The molecule has 0 spiro atoms. The normalized spacial score (nSPS) is 24.2. The predicted octanol–water partition coefficient (Wildman–Crippen LogP) is 4.71. The Morgan fingerprint density at radius 1 is 1.32 bits per heavy atom. The van der Waals surface area contributed by atoms with Gasteiger partial charge in [-0.15, -0.1) is 11.6 Å². The predicted molar refractivity (Wildman–Crippen MR) is 75.4 cm³/mol. The van der Waals surface area contributed by atoms with Crippen molar-refractivity contribution in [3.63, 3.8) is 0 Å². The SMILES string of the molecule is Fc1ccc2c(c1)CC(CCC(Cl)C1CCCC1)O2. The molecule has 2 atom stereocenters. The minimum atomic E-state index is -0.177. The molecule has 19 heavy (non-hydrogen) atoms. The van der Waals surface area contributed by atoms with Gasteiger partial charge in [-0.25, -0.2) is 4.39 Å². The first-order valence-electron chi connectivity index (χ1n) is 7.31. The smallest absolute Gasteiger partial charge is 0.123 e. The van der Waals surface area contributed by atoms with Crippen molar-refractivity contribution in [3.8, 4) is 5.75 Å². The van der Waals surface area contributed by atoms with Crippen LogP contribution in [0.5, 0.6) is 5.75 Å². The molecule has 0 bridgehead atoms. The van der Waals surface area contributed by atoms with Gasteiger partial charge in [0.25, 0.3) is 0 Å². The molecule has 1 nitrogen and oxygen atoms in total. The summed E-state index contributed by atoms with van der Waals surface area (Å²) >= 11 is 6.49. The zero-order valence-corrected chi connectivity index (χ0v) is 11.8. The van der Waals surface area contributed by atoms with Crippen LogP contribution in [0.25, 0.3) is 0 Å². The Bertz CT molecular complexity index is 442. The third-order valence-electron chi connectivity index (χ3n) is 4.44. The summed E-state index contributed by atoms with van der Waals surface area (Å²) in [5, 5.41) is 0.284. The summed E-state index contributed by atoms with van der Waals surface area (Å²) in [5.41, 5.74) is 0.997. The second-order valence-electron chi connectivity index (χ2n) is 5.83. The average molecular weight is 283 g/mol. The van der Waals surface area contributed by atoms with Crippen LogP contribution in [0.4, 0.5) is 4.39 Å². The van der Waals surface area contributed by atoms with Crippen LogP contribution in [-0.4, -0.2) is 11.5 Å². The van der Waals surface area contributed by atoms with E-state index in [9.17, 15) is 4.39 Å². The summed E-state index contributed by atoms with van der Waals surface area (Å²) in [6, 6.07) is 4.79. The van der Waals surface area contributed by atoms with Gasteiger partial charge in [-0.3, -0.25) is 0 Å². The fourth-order valence-corrected chi connectivity index (χ4v) is 3.73. The van der Waals surface area contributed by atoms with Gasteiger partial charge in [-0.2, -0.15) is 0 Å². The Labute approximate surface area is 119 Å². The fraction of sp³-hybridized carbons (Fsp3) is 0.625. The molecular formula is C16H20ClFO. The molecule has 0 saturated heterocycles. The molecule has 1 fully saturated rings. The largest absolute Gasteiger partial charge is 0.490 e. The number of hydrogen-bond donors (Lipinski definition) is 0. The maximum Gasteiger partial charge on any atom is 0.123 e. The van der Waals surface area contributed by atoms with Crippen molar-refractivity contribution in [2.45, 2.75) is 56.4 Å². The number of fused-ring (bicyclic) bond motifs is 1. The first-order chi connectivity index (χ1) is 9.22. The highest BCUT2D eigenvalue weighted by Gasteiger charge is 2.27. The van der Waals surface area contributed by atoms with Gasteiger partial charge in [-0.05, 0) is 49.8 Å². The average Bonchev–Trinajstić information content (AvgIpc) is 3.04. The molecule has 3 heteroatoms. The zero-order chi connectivity index (χ0) is 13.2. The van der Waals surface area contributed by atoms with E-state index >= 15 is 0 Å². The van der Waals surface area contributed by atoms with Crippen molar-refractivity contribution in [1.29, 1.82) is 0 Å². The number of hydrogen-bond acceptors (Lipinski definition) is 1. The number of alkyl halides is 1. The molecule has 0 aromatic heterocycles. The van der Waals surface area contributed by atoms with Crippen LogP contribution in [0.1, 0.15) is 44.1 Å². The van der Waals surface area contributed by atoms with Crippen molar-refractivity contribution in [2.24, 2.45) is 5.92 Å². The summed E-state index contributed by atoms with van der Waals surface area (Å²) in [6.07, 6.45) is 8.21. The minimum absolute atomic E-state index is 0.177. The second-order valence-corrected chi connectivity index (χ2v) is 6.39. The van der Waals surface area contributed by atoms with Gasteiger partial charge in [0, 0.05) is 17.4 Å². The Hall–Kier alpha value is -0.760. The van der Waals surface area contributed by atoms with Crippen LogP contribution in [-0.2, 0) is 6.42 Å². The molecule has 1 heterocycles. The topological polar surface area (TPSA) is 9.23 Å². The summed E-state index contributed by atoms with van der Waals surface area (Å²) in [4.78, 5) is 0. The Morgan fingerprint density at radius 2 is 2.11 bits per heavy atom. The van der Waals surface area contributed by atoms with Gasteiger partial charge in [0.1, 0.15) is 17.7 Å². The van der Waals surface area contributed by atoms with E-state index < -0.39 is 0 Å². The molecule has 104 valence electrons. The summed E-state index contributed by atoms with van der Waals surface area (Å²) < 4.78 is 19.0. The summed E-state index contributed by atoms with van der Waals surface area (Å²) in [7, 11) is 0. The highest BCUT2D eigenvalue weighted by atomic mass is 35.5. The second kappa shape index (κ2) is 5.70. The Morgan fingerprint density at radius 3 is 2.89 bits per heavy atom. The first kappa shape index (κ1) is 13.2. The highest BCUT2D eigenvalue weighted by molar-refractivity contribution is 6.20. The van der Waals surface area contributed by atoms with Gasteiger partial charge in [0.15, 0.2) is 0 Å². The van der Waals surface area contributed by atoms with Crippen molar-refractivity contribution >= 4 is 11.6 Å². The van der Waals surface area contributed by atoms with Crippen LogP contribution in [0.3, 0.4) is 0 Å². The van der Waals surface area contributed by atoms with E-state index in [-0.39, 0.29) is 17.3 Å². The van der Waals surface area contributed by atoms with E-state index in [1.807, 2.05) is 0 Å². The molecular weight excluding hydrogens is 263 g/mol. The molecule has 0 amide bonds. The lowest BCUT2D eigenvalue weighted by molar-refractivity contribution is 0.214. The molecule has 1 aliphatic heterocycles. The molecule has 1 aromatic carbocycles. The van der Waals surface area contributed by atoms with Crippen molar-refractivity contribution in [1.82, 2.24) is 0 Å². The summed E-state index contributed by atoms with van der Waals surface area (Å²) in [5.74, 6) is 1.37. The number of benzene rings is 1. The third-order valence-corrected chi connectivity index (χ3v) is 5.01. The lowest BCUT2D eigenvalue weighted by Crippen LogP contribution is -2.18. The van der Waals surface area contributed by atoms with Crippen molar-refractivity contribution in [3.05, 3.63) is 29.6 Å². The monoisotopic (exact) mass is 282 g/mol. The van der Waals surface area contributed by atoms with Crippen LogP contribution in [0, 0.1) is 11.7 Å². The number of rotatable bonds is 4. The fourth-order valence-electron chi connectivity index (χ4n) is 3.35. The Kier molecular flexibility index (Phi) is 3.97. The molecule has 2 aliphatic rings. The molecule has 1 aliphatic carbocycles. The minimum Gasteiger partial charge on any atom is -0.490 e. The van der Waals surface area contributed by atoms with Crippen molar-refractivity contribution in [2.75, 3.05) is 0 Å². The molecule has 0 radical (unpaired) electrons. The van der Waals surface area contributed by atoms with Gasteiger partial charge >= 0.3 is 0 Å². The van der Waals surface area contributed by atoms with Crippen molar-refractivity contribution < 1.29 is 9.13 Å². The lowest BCUT2D eigenvalue weighted by atomic mass is 9.97. The quantitative estimate of drug-likeness (QED) is 0.727. The molecule has 0 N–H and O–H groups in total. The van der Waals surface area contributed by atoms with Gasteiger partial charge in [0.05, 0.1) is 0 Å². The van der Waals surface area contributed by atoms with Crippen LogP contribution < -0.4 is 4.74 Å². The third kappa shape index (κ3) is 3.05. The van der Waals surface area contributed by atoms with E-state index in [1.54, 1.807) is 12.1 Å². The van der Waals surface area contributed by atoms with Gasteiger partial charge in [-0.1, -0.05) is 12.8 Å². The van der Waals surface area contributed by atoms with E-state index in [0.29, 0.717) is 5.92 Å². The van der Waals surface area contributed by atoms with E-state index in [2.05, 4.69) is 0 Å². The van der Waals surface area contributed by atoms with E-state index in [4.69, 9.17) is 16.3 Å². The van der Waals surface area contributed by atoms with Crippen LogP contribution in [0.15, 0.2) is 18.2 Å². The number of halogens is 2. The maximum atomic E-state index is 13.1. The van der Waals surface area contributed by atoms with E-state index in [1.165, 1.54) is 31.7 Å². The zero-order valence-electron chi connectivity index (χ0n) is 11.1. The number of ether oxygens (including phenoxy) is 1. The highest BCUT2D eigenvalue weighted by Crippen LogP contribution is 2.35. The van der Waals surface area contributed by atoms with Crippen LogP contribution in [0.2, 0.25) is 0 Å².